The number of nitrogens with zero attached hydrogens (tertiary/aromatic N) is 3. The van der Waals surface area contributed by atoms with E-state index in [1.165, 1.54) is 24.2 Å². The number of carbonyl (C=O) groups excluding carboxylic acids is 1. The van der Waals surface area contributed by atoms with Crippen LogP contribution in [-0.4, -0.2) is 34.0 Å². The molecule has 4 rings (SSSR count). The molecule has 2 aromatic heterocycles. The molecule has 1 saturated heterocycles. The van der Waals surface area contributed by atoms with Crippen LogP contribution < -0.4 is 5.32 Å². The van der Waals surface area contributed by atoms with E-state index in [0.29, 0.717) is 32.7 Å². The maximum absolute atomic E-state index is 12.9. The number of carbonyl (C=O) groups is 1. The molecule has 0 bridgehead atoms. The fourth-order valence-electron chi connectivity index (χ4n) is 3.73. The Morgan fingerprint density at radius 2 is 2.24 bits per heavy atom. The van der Waals surface area contributed by atoms with Crippen LogP contribution in [0.4, 0.5) is 5.13 Å². The van der Waals surface area contributed by atoms with E-state index >= 15 is 0 Å². The molecule has 0 aliphatic carbocycles. The molecular weight excluding hydrogens is 408 g/mol. The number of aryl methyl sites for hydroxylation is 1. The zero-order valence-electron chi connectivity index (χ0n) is 16.4. The monoisotopic (exact) mass is 430 g/mol. The van der Waals surface area contributed by atoms with Gasteiger partial charge in [-0.25, -0.2) is 4.98 Å². The maximum Gasteiger partial charge on any atom is 0.263 e. The van der Waals surface area contributed by atoms with E-state index < -0.39 is 0 Å². The standard InChI is InChI=1S/C21H23ClN4O2S/c1-13-6-5-9-26(10-13)11-15-12-29-21(23-15)24-20(27)18-14(2)28-25-19(18)16-7-3-4-8-17(16)22/h3-4,7-8,12-13H,5-6,9-11H2,1-2H3,(H,23,24,27). The van der Waals surface area contributed by atoms with Gasteiger partial charge < -0.3 is 4.52 Å². The van der Waals surface area contributed by atoms with Crippen LogP contribution in [0.5, 0.6) is 0 Å². The molecule has 3 heterocycles. The van der Waals surface area contributed by atoms with Crippen LogP contribution >= 0.6 is 22.9 Å². The normalized spacial score (nSPS) is 17.4. The molecule has 1 amide bonds. The summed E-state index contributed by atoms with van der Waals surface area (Å²) >= 11 is 7.71. The molecule has 1 atom stereocenters. The number of anilines is 1. The summed E-state index contributed by atoms with van der Waals surface area (Å²) in [5, 5.41) is 10.0. The van der Waals surface area contributed by atoms with Crippen LogP contribution in [0.1, 0.15) is 41.6 Å². The SMILES string of the molecule is Cc1onc(-c2ccccc2Cl)c1C(=O)Nc1nc(CN2CCCC(C)C2)cs1. The first-order valence-electron chi connectivity index (χ1n) is 9.70. The Kier molecular flexibility index (Phi) is 5.99. The molecule has 1 unspecified atom stereocenters. The lowest BCUT2D eigenvalue weighted by Crippen LogP contribution is -2.33. The van der Waals surface area contributed by atoms with Gasteiger partial charge >= 0.3 is 0 Å². The summed E-state index contributed by atoms with van der Waals surface area (Å²) in [6, 6.07) is 7.26. The number of likely N-dealkylation sites (tertiary alicyclic amines) is 1. The smallest absolute Gasteiger partial charge is 0.263 e. The van der Waals surface area contributed by atoms with E-state index in [2.05, 4.69) is 27.3 Å². The average Bonchev–Trinajstić information content (AvgIpc) is 3.28. The highest BCUT2D eigenvalue weighted by atomic mass is 35.5. The van der Waals surface area contributed by atoms with Gasteiger partial charge in [-0.15, -0.1) is 11.3 Å². The number of thiazole rings is 1. The average molecular weight is 431 g/mol. The minimum atomic E-state index is -0.300. The Morgan fingerprint density at radius 1 is 1.41 bits per heavy atom. The number of piperidine rings is 1. The van der Waals surface area contributed by atoms with Crippen molar-refractivity contribution in [2.45, 2.75) is 33.2 Å². The Hall–Kier alpha value is -2.22. The molecule has 0 radical (unpaired) electrons. The fourth-order valence-corrected chi connectivity index (χ4v) is 4.65. The van der Waals surface area contributed by atoms with Gasteiger partial charge in [0.05, 0.1) is 10.7 Å². The van der Waals surface area contributed by atoms with Crippen LogP contribution in [-0.2, 0) is 6.54 Å². The number of rotatable bonds is 5. The molecule has 1 aromatic carbocycles. The number of amides is 1. The van der Waals surface area contributed by atoms with E-state index in [9.17, 15) is 4.79 Å². The van der Waals surface area contributed by atoms with Crippen molar-refractivity contribution in [3.05, 3.63) is 51.7 Å². The molecule has 1 N–H and O–H groups in total. The summed E-state index contributed by atoms with van der Waals surface area (Å²) < 4.78 is 5.29. The second-order valence-electron chi connectivity index (χ2n) is 7.52. The molecule has 29 heavy (non-hydrogen) atoms. The molecule has 8 heteroatoms. The van der Waals surface area contributed by atoms with Crippen molar-refractivity contribution < 1.29 is 9.32 Å². The summed E-state index contributed by atoms with van der Waals surface area (Å²) in [5.74, 6) is 0.865. The van der Waals surface area contributed by atoms with Gasteiger partial charge in [-0.2, -0.15) is 0 Å². The minimum Gasteiger partial charge on any atom is -0.360 e. The summed E-state index contributed by atoms with van der Waals surface area (Å²) in [6.07, 6.45) is 2.52. The first kappa shape index (κ1) is 20.1. The van der Waals surface area contributed by atoms with Crippen LogP contribution in [0.2, 0.25) is 5.02 Å². The molecule has 6 nitrogen and oxygen atoms in total. The zero-order valence-corrected chi connectivity index (χ0v) is 18.0. The molecule has 1 fully saturated rings. The van der Waals surface area contributed by atoms with Gasteiger partial charge in [0.1, 0.15) is 17.0 Å². The number of hydrogen-bond acceptors (Lipinski definition) is 6. The maximum atomic E-state index is 12.9. The third-order valence-corrected chi connectivity index (χ3v) is 6.25. The first-order chi connectivity index (χ1) is 14.0. The highest BCUT2D eigenvalue weighted by Gasteiger charge is 2.24. The zero-order chi connectivity index (χ0) is 20.4. The lowest BCUT2D eigenvalue weighted by atomic mass is 10.0. The van der Waals surface area contributed by atoms with Crippen LogP contribution in [0.3, 0.4) is 0 Å². The van der Waals surface area contributed by atoms with E-state index in [4.69, 9.17) is 16.1 Å². The van der Waals surface area contributed by atoms with Crippen molar-refractivity contribution >= 4 is 34.0 Å². The second-order valence-corrected chi connectivity index (χ2v) is 8.79. The van der Waals surface area contributed by atoms with Gasteiger partial charge in [-0.3, -0.25) is 15.0 Å². The topological polar surface area (TPSA) is 71.3 Å². The van der Waals surface area contributed by atoms with Gasteiger partial charge in [0.15, 0.2) is 5.13 Å². The number of hydrogen-bond donors (Lipinski definition) is 1. The van der Waals surface area contributed by atoms with Crippen molar-refractivity contribution in [2.24, 2.45) is 5.92 Å². The molecular formula is C21H23ClN4O2S. The number of aromatic nitrogens is 2. The largest absolute Gasteiger partial charge is 0.360 e. The Bertz CT molecular complexity index is 1020. The van der Waals surface area contributed by atoms with Gasteiger partial charge in [-0.05, 0) is 38.3 Å². The third-order valence-electron chi connectivity index (χ3n) is 5.12. The lowest BCUT2D eigenvalue weighted by Gasteiger charge is -2.30. The third kappa shape index (κ3) is 4.52. The van der Waals surface area contributed by atoms with Crippen molar-refractivity contribution in [3.8, 4) is 11.3 Å². The van der Waals surface area contributed by atoms with Crippen molar-refractivity contribution in [1.82, 2.24) is 15.0 Å². The lowest BCUT2D eigenvalue weighted by molar-refractivity contribution is 0.102. The van der Waals surface area contributed by atoms with E-state index in [1.807, 2.05) is 23.6 Å². The van der Waals surface area contributed by atoms with E-state index in [0.717, 1.165) is 31.2 Å². The molecule has 3 aromatic rings. The van der Waals surface area contributed by atoms with Gasteiger partial charge in [0, 0.05) is 24.0 Å². The second kappa shape index (κ2) is 8.65. The van der Waals surface area contributed by atoms with E-state index in [-0.39, 0.29) is 5.91 Å². The quantitative estimate of drug-likeness (QED) is 0.599. The van der Waals surface area contributed by atoms with Gasteiger partial charge in [0.2, 0.25) is 0 Å². The van der Waals surface area contributed by atoms with Crippen molar-refractivity contribution in [3.63, 3.8) is 0 Å². The van der Waals surface area contributed by atoms with E-state index in [1.54, 1.807) is 13.0 Å². The fraction of sp³-hybridized carbons (Fsp3) is 0.381. The van der Waals surface area contributed by atoms with Crippen LogP contribution in [0.15, 0.2) is 34.2 Å². The Labute approximate surface area is 178 Å². The molecule has 0 saturated carbocycles. The number of halogens is 1. The molecule has 0 spiro atoms. The Morgan fingerprint density at radius 3 is 3.03 bits per heavy atom. The van der Waals surface area contributed by atoms with Crippen LogP contribution in [0, 0.1) is 12.8 Å². The summed E-state index contributed by atoms with van der Waals surface area (Å²) in [6.45, 7) is 7.02. The minimum absolute atomic E-state index is 0.300. The predicted molar refractivity (Wildman–Crippen MR) is 115 cm³/mol. The summed E-state index contributed by atoms with van der Waals surface area (Å²) in [7, 11) is 0. The summed E-state index contributed by atoms with van der Waals surface area (Å²) in [5.41, 5.74) is 2.45. The predicted octanol–water partition coefficient (Wildman–Crippen LogP) is 5.24. The number of nitrogens with one attached hydrogen (secondary N) is 1. The number of benzene rings is 1. The highest BCUT2D eigenvalue weighted by Crippen LogP contribution is 2.31. The Balaban J connectivity index is 1.49. The van der Waals surface area contributed by atoms with Crippen LogP contribution in [0.25, 0.3) is 11.3 Å². The highest BCUT2D eigenvalue weighted by molar-refractivity contribution is 7.14. The van der Waals surface area contributed by atoms with Gasteiger partial charge in [0.25, 0.3) is 5.91 Å². The molecule has 152 valence electrons. The molecule has 1 aliphatic rings. The van der Waals surface area contributed by atoms with Gasteiger partial charge in [-0.1, -0.05) is 41.9 Å². The van der Waals surface area contributed by atoms with Crippen molar-refractivity contribution in [1.29, 1.82) is 0 Å². The van der Waals surface area contributed by atoms with Crippen molar-refractivity contribution in [2.75, 3.05) is 18.4 Å². The first-order valence-corrected chi connectivity index (χ1v) is 11.0. The molecule has 1 aliphatic heterocycles. The summed E-state index contributed by atoms with van der Waals surface area (Å²) in [4.78, 5) is 20.0.